The first-order chi connectivity index (χ1) is 12.2. The fraction of sp³-hybridized carbons (Fsp3) is 0.333. The standard InChI is InChI=1S/C18H19N3O4/c1-23-14-5-2-4-12(8-14)15-9-13(22)10-21(15)11-17-19-18(20-25-17)16-6-3-7-24-16/h2-8,13,15,22H,9-11H2,1H3/t13-,15+/m1/s1. The van der Waals surface area contributed by atoms with E-state index in [4.69, 9.17) is 13.7 Å². The van der Waals surface area contributed by atoms with Crippen LogP contribution in [0.2, 0.25) is 0 Å². The number of furan rings is 1. The van der Waals surface area contributed by atoms with Crippen molar-refractivity contribution in [3.63, 3.8) is 0 Å². The zero-order chi connectivity index (χ0) is 17.2. The molecule has 2 atom stereocenters. The maximum Gasteiger partial charge on any atom is 0.241 e. The van der Waals surface area contributed by atoms with Crippen LogP contribution in [0.1, 0.15) is 23.9 Å². The van der Waals surface area contributed by atoms with E-state index < -0.39 is 0 Å². The molecule has 1 aliphatic heterocycles. The van der Waals surface area contributed by atoms with Gasteiger partial charge in [-0.2, -0.15) is 4.98 Å². The summed E-state index contributed by atoms with van der Waals surface area (Å²) in [6.07, 6.45) is 1.84. The van der Waals surface area contributed by atoms with Crippen molar-refractivity contribution >= 4 is 0 Å². The summed E-state index contributed by atoms with van der Waals surface area (Å²) in [5, 5.41) is 14.1. The zero-order valence-corrected chi connectivity index (χ0v) is 13.8. The second-order valence-electron chi connectivity index (χ2n) is 6.10. The number of aromatic nitrogens is 2. The van der Waals surface area contributed by atoms with E-state index in [1.54, 1.807) is 25.5 Å². The van der Waals surface area contributed by atoms with Gasteiger partial charge in [0.05, 0.1) is 26.0 Å². The quantitative estimate of drug-likeness (QED) is 0.763. The van der Waals surface area contributed by atoms with Gasteiger partial charge in [0.2, 0.25) is 11.7 Å². The SMILES string of the molecule is COc1cccc([C@@H]2C[C@@H](O)CN2Cc2nc(-c3ccco3)no2)c1. The second kappa shape index (κ2) is 6.70. The lowest BCUT2D eigenvalue weighted by Gasteiger charge is -2.23. The molecular weight excluding hydrogens is 322 g/mol. The van der Waals surface area contributed by atoms with Crippen LogP contribution in [0.25, 0.3) is 11.6 Å². The molecule has 1 N–H and O–H groups in total. The summed E-state index contributed by atoms with van der Waals surface area (Å²) in [6, 6.07) is 11.5. The molecule has 0 radical (unpaired) electrons. The lowest BCUT2D eigenvalue weighted by molar-refractivity contribution is 0.164. The Bertz CT molecular complexity index is 830. The molecule has 7 nitrogen and oxygen atoms in total. The van der Waals surface area contributed by atoms with Crippen LogP contribution in [0.5, 0.6) is 5.75 Å². The number of methoxy groups -OCH3 is 1. The monoisotopic (exact) mass is 341 g/mol. The van der Waals surface area contributed by atoms with Crippen molar-refractivity contribution in [2.45, 2.75) is 25.1 Å². The molecule has 0 spiro atoms. The molecule has 3 aromatic rings. The molecule has 130 valence electrons. The second-order valence-corrected chi connectivity index (χ2v) is 6.10. The number of aliphatic hydroxyl groups is 1. The first kappa shape index (κ1) is 15.9. The average Bonchev–Trinajstić information content (AvgIpc) is 3.36. The molecular formula is C18H19N3O4. The minimum atomic E-state index is -0.385. The van der Waals surface area contributed by atoms with Gasteiger partial charge in [-0.05, 0) is 36.2 Å². The van der Waals surface area contributed by atoms with Gasteiger partial charge in [-0.15, -0.1) is 0 Å². The van der Waals surface area contributed by atoms with Crippen LogP contribution >= 0.6 is 0 Å². The molecule has 4 rings (SSSR count). The van der Waals surface area contributed by atoms with E-state index in [-0.39, 0.29) is 12.1 Å². The minimum Gasteiger partial charge on any atom is -0.497 e. The first-order valence-electron chi connectivity index (χ1n) is 8.15. The molecule has 0 bridgehead atoms. The van der Waals surface area contributed by atoms with Crippen molar-refractivity contribution in [1.82, 2.24) is 15.0 Å². The van der Waals surface area contributed by atoms with Crippen molar-refractivity contribution in [1.29, 1.82) is 0 Å². The van der Waals surface area contributed by atoms with Crippen LogP contribution < -0.4 is 4.74 Å². The molecule has 2 aromatic heterocycles. The maximum absolute atomic E-state index is 10.1. The molecule has 0 aliphatic carbocycles. The summed E-state index contributed by atoms with van der Waals surface area (Å²) in [6.45, 7) is 1.02. The van der Waals surface area contributed by atoms with Gasteiger partial charge in [-0.1, -0.05) is 17.3 Å². The van der Waals surface area contributed by atoms with E-state index in [9.17, 15) is 5.11 Å². The van der Waals surface area contributed by atoms with E-state index in [1.807, 2.05) is 24.3 Å². The van der Waals surface area contributed by atoms with Crippen LogP contribution in [0.3, 0.4) is 0 Å². The van der Waals surface area contributed by atoms with Gasteiger partial charge in [0.25, 0.3) is 0 Å². The summed E-state index contributed by atoms with van der Waals surface area (Å²) in [7, 11) is 1.65. The average molecular weight is 341 g/mol. The first-order valence-corrected chi connectivity index (χ1v) is 8.15. The summed E-state index contributed by atoms with van der Waals surface area (Å²) < 4.78 is 15.9. The third-order valence-electron chi connectivity index (χ3n) is 4.41. The molecule has 3 heterocycles. The number of β-amino-alcohol motifs (C(OH)–C–C–N with tert-alkyl or cyclic N) is 1. The van der Waals surface area contributed by atoms with Gasteiger partial charge >= 0.3 is 0 Å². The van der Waals surface area contributed by atoms with Gasteiger partial charge in [0.15, 0.2) is 5.76 Å². The Morgan fingerprint density at radius 1 is 1.32 bits per heavy atom. The molecule has 1 fully saturated rings. The predicted octanol–water partition coefficient (Wildman–Crippen LogP) is 2.65. The van der Waals surface area contributed by atoms with E-state index in [1.165, 1.54) is 0 Å². The number of likely N-dealkylation sites (tertiary alicyclic amines) is 1. The van der Waals surface area contributed by atoms with Gasteiger partial charge in [0, 0.05) is 12.6 Å². The Morgan fingerprint density at radius 2 is 2.24 bits per heavy atom. The summed E-state index contributed by atoms with van der Waals surface area (Å²) in [4.78, 5) is 6.52. The predicted molar refractivity (Wildman–Crippen MR) is 88.8 cm³/mol. The lowest BCUT2D eigenvalue weighted by Crippen LogP contribution is -2.24. The normalized spacial score (nSPS) is 20.9. The Balaban J connectivity index is 1.54. The van der Waals surface area contributed by atoms with Crippen LogP contribution in [-0.2, 0) is 6.54 Å². The third-order valence-corrected chi connectivity index (χ3v) is 4.41. The minimum absolute atomic E-state index is 0.0732. The van der Waals surface area contributed by atoms with Crippen molar-refractivity contribution in [3.8, 4) is 17.3 Å². The highest BCUT2D eigenvalue weighted by atomic mass is 16.5. The Hall–Kier alpha value is -2.64. The largest absolute Gasteiger partial charge is 0.497 e. The Labute approximate surface area is 144 Å². The fourth-order valence-corrected chi connectivity index (χ4v) is 3.25. The molecule has 1 aromatic carbocycles. The fourth-order valence-electron chi connectivity index (χ4n) is 3.25. The molecule has 0 unspecified atom stereocenters. The van der Waals surface area contributed by atoms with E-state index in [0.717, 1.165) is 11.3 Å². The van der Waals surface area contributed by atoms with Crippen molar-refractivity contribution in [3.05, 3.63) is 54.1 Å². The highest BCUT2D eigenvalue weighted by Gasteiger charge is 2.33. The number of rotatable bonds is 5. The van der Waals surface area contributed by atoms with Gasteiger partial charge in [-0.25, -0.2) is 0 Å². The summed E-state index contributed by atoms with van der Waals surface area (Å²) >= 11 is 0. The smallest absolute Gasteiger partial charge is 0.241 e. The van der Waals surface area contributed by atoms with Gasteiger partial charge < -0.3 is 18.8 Å². The molecule has 7 heteroatoms. The van der Waals surface area contributed by atoms with Gasteiger partial charge in [-0.3, -0.25) is 4.90 Å². The Kier molecular flexibility index (Phi) is 4.25. The number of ether oxygens (including phenoxy) is 1. The molecule has 25 heavy (non-hydrogen) atoms. The Morgan fingerprint density at radius 3 is 3.04 bits per heavy atom. The highest BCUT2D eigenvalue weighted by Crippen LogP contribution is 2.34. The summed E-state index contributed by atoms with van der Waals surface area (Å²) in [5.74, 6) is 2.30. The number of hydrogen-bond acceptors (Lipinski definition) is 7. The number of nitrogens with zero attached hydrogens (tertiary/aromatic N) is 3. The number of aliphatic hydroxyl groups excluding tert-OH is 1. The highest BCUT2D eigenvalue weighted by molar-refractivity contribution is 5.44. The van der Waals surface area contributed by atoms with Crippen LogP contribution in [0.15, 0.2) is 51.6 Å². The van der Waals surface area contributed by atoms with Crippen LogP contribution in [-0.4, -0.2) is 39.9 Å². The number of benzene rings is 1. The topological polar surface area (TPSA) is 84.8 Å². The van der Waals surface area contributed by atoms with E-state index in [0.29, 0.717) is 37.0 Å². The summed E-state index contributed by atoms with van der Waals surface area (Å²) in [5.41, 5.74) is 1.10. The lowest BCUT2D eigenvalue weighted by atomic mass is 10.0. The van der Waals surface area contributed by atoms with Crippen LogP contribution in [0, 0.1) is 0 Å². The maximum atomic E-state index is 10.1. The molecule has 0 amide bonds. The van der Waals surface area contributed by atoms with E-state index >= 15 is 0 Å². The van der Waals surface area contributed by atoms with E-state index in [2.05, 4.69) is 15.0 Å². The molecule has 1 saturated heterocycles. The molecule has 0 saturated carbocycles. The van der Waals surface area contributed by atoms with Gasteiger partial charge in [0.1, 0.15) is 5.75 Å². The molecule has 1 aliphatic rings. The van der Waals surface area contributed by atoms with Crippen molar-refractivity contribution in [2.75, 3.05) is 13.7 Å². The third kappa shape index (κ3) is 3.29. The zero-order valence-electron chi connectivity index (χ0n) is 13.8. The van der Waals surface area contributed by atoms with Crippen molar-refractivity contribution in [2.24, 2.45) is 0 Å². The van der Waals surface area contributed by atoms with Crippen molar-refractivity contribution < 1.29 is 18.8 Å². The number of hydrogen-bond donors (Lipinski definition) is 1. The van der Waals surface area contributed by atoms with Crippen LogP contribution in [0.4, 0.5) is 0 Å².